The molecule has 0 spiro atoms. The average molecular weight is 256 g/mol. The number of carbonyl (C=O) groups excluding carboxylic acids is 1. The summed E-state index contributed by atoms with van der Waals surface area (Å²) in [4.78, 5) is 22.2. The Morgan fingerprint density at radius 2 is 1.89 bits per heavy atom. The summed E-state index contributed by atoms with van der Waals surface area (Å²) >= 11 is 0. The van der Waals surface area contributed by atoms with Crippen LogP contribution in [0.1, 0.15) is 46.0 Å². The molecule has 0 aliphatic heterocycles. The molecule has 1 atom stereocenters. The Kier molecular flexibility index (Phi) is 5.95. The monoisotopic (exact) mass is 256 g/mol. The van der Waals surface area contributed by atoms with Crippen LogP contribution in [0.15, 0.2) is 0 Å². The van der Waals surface area contributed by atoms with Gasteiger partial charge < -0.3 is 15.7 Å². The van der Waals surface area contributed by atoms with E-state index in [1.165, 1.54) is 12.8 Å². The normalized spacial score (nSPS) is 25.2. The highest BCUT2D eigenvalue weighted by Crippen LogP contribution is 2.23. The van der Waals surface area contributed by atoms with Gasteiger partial charge in [-0.3, -0.25) is 4.79 Å². The number of amides is 2. The fraction of sp³-hybridized carbons (Fsp3) is 0.846. The molecule has 2 amide bonds. The summed E-state index contributed by atoms with van der Waals surface area (Å²) < 4.78 is 0. The SMILES string of the molecule is CC1CCC(NC(=O)NCCC(C)C(=O)O)CC1. The molecule has 0 aromatic carbocycles. The highest BCUT2D eigenvalue weighted by molar-refractivity contribution is 5.74. The van der Waals surface area contributed by atoms with Crippen LogP contribution in [0.4, 0.5) is 4.79 Å². The molecule has 18 heavy (non-hydrogen) atoms. The second-order valence-electron chi connectivity index (χ2n) is 5.38. The maximum atomic E-state index is 11.6. The molecule has 0 bridgehead atoms. The summed E-state index contributed by atoms with van der Waals surface area (Å²) in [6.07, 6.45) is 4.88. The molecule has 0 aromatic heterocycles. The average Bonchev–Trinajstić information content (AvgIpc) is 2.32. The molecular weight excluding hydrogens is 232 g/mol. The maximum absolute atomic E-state index is 11.6. The minimum Gasteiger partial charge on any atom is -0.481 e. The van der Waals surface area contributed by atoms with Crippen LogP contribution in [-0.2, 0) is 4.79 Å². The van der Waals surface area contributed by atoms with E-state index in [-0.39, 0.29) is 12.1 Å². The first-order valence-electron chi connectivity index (χ1n) is 6.76. The van der Waals surface area contributed by atoms with Gasteiger partial charge in [0.15, 0.2) is 0 Å². The second-order valence-corrected chi connectivity index (χ2v) is 5.38. The Bertz CT molecular complexity index is 286. The number of rotatable bonds is 5. The summed E-state index contributed by atoms with van der Waals surface area (Å²) in [6.45, 7) is 4.29. The van der Waals surface area contributed by atoms with E-state index in [0.29, 0.717) is 13.0 Å². The van der Waals surface area contributed by atoms with Gasteiger partial charge in [0.2, 0.25) is 0 Å². The summed E-state index contributed by atoms with van der Waals surface area (Å²) in [7, 11) is 0. The van der Waals surface area contributed by atoms with Crippen molar-refractivity contribution in [1.82, 2.24) is 10.6 Å². The summed E-state index contributed by atoms with van der Waals surface area (Å²) in [5.41, 5.74) is 0. The smallest absolute Gasteiger partial charge is 0.315 e. The Labute approximate surface area is 108 Å². The zero-order chi connectivity index (χ0) is 13.5. The zero-order valence-corrected chi connectivity index (χ0v) is 11.2. The summed E-state index contributed by atoms with van der Waals surface area (Å²) in [6, 6.07) is 0.102. The van der Waals surface area contributed by atoms with Crippen molar-refractivity contribution >= 4 is 12.0 Å². The van der Waals surface area contributed by atoms with Crippen LogP contribution in [0.3, 0.4) is 0 Å². The number of carboxylic acids is 1. The molecule has 0 saturated heterocycles. The predicted octanol–water partition coefficient (Wildman–Crippen LogP) is 1.98. The predicted molar refractivity (Wildman–Crippen MR) is 69.4 cm³/mol. The third kappa shape index (κ3) is 5.38. The van der Waals surface area contributed by atoms with Gasteiger partial charge in [0.1, 0.15) is 0 Å². The van der Waals surface area contributed by atoms with Gasteiger partial charge in [-0.2, -0.15) is 0 Å². The van der Waals surface area contributed by atoms with E-state index in [4.69, 9.17) is 5.11 Å². The fourth-order valence-corrected chi connectivity index (χ4v) is 2.17. The van der Waals surface area contributed by atoms with Gasteiger partial charge in [-0.25, -0.2) is 4.79 Å². The lowest BCUT2D eigenvalue weighted by Gasteiger charge is -2.26. The van der Waals surface area contributed by atoms with E-state index in [9.17, 15) is 9.59 Å². The lowest BCUT2D eigenvalue weighted by Crippen LogP contribution is -2.44. The molecule has 1 saturated carbocycles. The largest absolute Gasteiger partial charge is 0.481 e. The number of urea groups is 1. The van der Waals surface area contributed by atoms with Crippen LogP contribution >= 0.6 is 0 Å². The molecular formula is C13H24N2O3. The van der Waals surface area contributed by atoms with Gasteiger partial charge in [-0.1, -0.05) is 13.8 Å². The van der Waals surface area contributed by atoms with E-state index < -0.39 is 11.9 Å². The minimum absolute atomic E-state index is 0.174. The van der Waals surface area contributed by atoms with E-state index in [0.717, 1.165) is 18.8 Å². The Morgan fingerprint density at radius 3 is 2.44 bits per heavy atom. The second kappa shape index (κ2) is 7.24. The van der Waals surface area contributed by atoms with Crippen LogP contribution < -0.4 is 10.6 Å². The van der Waals surface area contributed by atoms with E-state index in [2.05, 4.69) is 17.6 Å². The number of carboxylic acid groups (broad SMARTS) is 1. The molecule has 104 valence electrons. The van der Waals surface area contributed by atoms with Crippen LogP contribution in [0, 0.1) is 11.8 Å². The van der Waals surface area contributed by atoms with Gasteiger partial charge in [0, 0.05) is 12.6 Å². The molecule has 0 heterocycles. The first kappa shape index (κ1) is 14.8. The molecule has 0 radical (unpaired) electrons. The molecule has 1 fully saturated rings. The van der Waals surface area contributed by atoms with Crippen molar-refractivity contribution in [2.75, 3.05) is 6.54 Å². The standard InChI is InChI=1S/C13H24N2O3/c1-9-3-5-11(6-4-9)15-13(18)14-8-7-10(2)12(16)17/h9-11H,3-8H2,1-2H3,(H,16,17)(H2,14,15,18). The highest BCUT2D eigenvalue weighted by atomic mass is 16.4. The molecule has 0 aromatic rings. The molecule has 5 nitrogen and oxygen atoms in total. The minimum atomic E-state index is -0.821. The Morgan fingerprint density at radius 1 is 1.28 bits per heavy atom. The molecule has 1 unspecified atom stereocenters. The highest BCUT2D eigenvalue weighted by Gasteiger charge is 2.19. The molecule has 1 rings (SSSR count). The van der Waals surface area contributed by atoms with Crippen molar-refractivity contribution in [3.63, 3.8) is 0 Å². The lowest BCUT2D eigenvalue weighted by molar-refractivity contribution is -0.141. The number of aliphatic carboxylic acids is 1. The van der Waals surface area contributed by atoms with Crippen LogP contribution in [0.2, 0.25) is 0 Å². The van der Waals surface area contributed by atoms with E-state index >= 15 is 0 Å². The number of nitrogens with one attached hydrogen (secondary N) is 2. The summed E-state index contributed by atoms with van der Waals surface area (Å²) in [5, 5.41) is 14.4. The van der Waals surface area contributed by atoms with E-state index in [1.807, 2.05) is 0 Å². The number of hydrogen-bond donors (Lipinski definition) is 3. The van der Waals surface area contributed by atoms with Crippen molar-refractivity contribution in [3.05, 3.63) is 0 Å². The molecule has 1 aliphatic carbocycles. The first-order chi connectivity index (χ1) is 8.49. The number of hydrogen-bond acceptors (Lipinski definition) is 2. The van der Waals surface area contributed by atoms with Gasteiger partial charge in [-0.05, 0) is 38.0 Å². The number of carbonyl (C=O) groups is 2. The third-order valence-corrected chi connectivity index (χ3v) is 3.64. The Hall–Kier alpha value is -1.26. The van der Waals surface area contributed by atoms with Crippen LogP contribution in [0.25, 0.3) is 0 Å². The first-order valence-corrected chi connectivity index (χ1v) is 6.76. The van der Waals surface area contributed by atoms with Gasteiger partial charge in [0.25, 0.3) is 0 Å². The van der Waals surface area contributed by atoms with Gasteiger partial charge >= 0.3 is 12.0 Å². The maximum Gasteiger partial charge on any atom is 0.315 e. The zero-order valence-electron chi connectivity index (χ0n) is 11.2. The summed E-state index contributed by atoms with van der Waals surface area (Å²) in [5.74, 6) is -0.471. The van der Waals surface area contributed by atoms with Crippen molar-refractivity contribution in [2.45, 2.75) is 52.0 Å². The molecule has 3 N–H and O–H groups in total. The quantitative estimate of drug-likeness (QED) is 0.703. The van der Waals surface area contributed by atoms with Gasteiger partial charge in [-0.15, -0.1) is 0 Å². The Balaban J connectivity index is 2.12. The third-order valence-electron chi connectivity index (χ3n) is 3.64. The van der Waals surface area contributed by atoms with Crippen molar-refractivity contribution in [3.8, 4) is 0 Å². The fourth-order valence-electron chi connectivity index (χ4n) is 2.17. The molecule has 1 aliphatic rings. The van der Waals surface area contributed by atoms with Gasteiger partial charge in [0.05, 0.1) is 5.92 Å². The van der Waals surface area contributed by atoms with Crippen LogP contribution in [-0.4, -0.2) is 29.7 Å². The van der Waals surface area contributed by atoms with Crippen molar-refractivity contribution < 1.29 is 14.7 Å². The van der Waals surface area contributed by atoms with Crippen molar-refractivity contribution in [1.29, 1.82) is 0 Å². The topological polar surface area (TPSA) is 78.4 Å². The van der Waals surface area contributed by atoms with Crippen LogP contribution in [0.5, 0.6) is 0 Å². The van der Waals surface area contributed by atoms with Crippen molar-refractivity contribution in [2.24, 2.45) is 11.8 Å². The van der Waals surface area contributed by atoms with E-state index in [1.54, 1.807) is 6.92 Å². The molecule has 5 heteroatoms. The lowest BCUT2D eigenvalue weighted by atomic mass is 9.87.